The maximum atomic E-state index is 13.3. The first-order valence-electron chi connectivity index (χ1n) is 6.31. The smallest absolute Gasteiger partial charge is 0.251 e. The van der Waals surface area contributed by atoms with Gasteiger partial charge in [-0.25, -0.2) is 17.9 Å². The van der Waals surface area contributed by atoms with Crippen LogP contribution in [0.3, 0.4) is 0 Å². The summed E-state index contributed by atoms with van der Waals surface area (Å²) in [7, 11) is -4.04. The Morgan fingerprint density at radius 1 is 1.35 bits per heavy atom. The average molecular weight is 302 g/mol. The summed E-state index contributed by atoms with van der Waals surface area (Å²) in [4.78, 5) is 11.4. The minimum Gasteiger partial charge on any atom is -0.352 e. The Bertz CT molecular complexity index is 585. The summed E-state index contributed by atoms with van der Waals surface area (Å²) >= 11 is 0. The molecular weight excluding hydrogens is 283 g/mol. The van der Waals surface area contributed by atoms with Crippen LogP contribution < -0.4 is 10.5 Å². The molecule has 0 bridgehead atoms. The molecule has 0 aliphatic heterocycles. The molecule has 0 unspecified atom stereocenters. The third kappa shape index (κ3) is 5.26. The number of hydrogen-bond acceptors (Lipinski definition) is 3. The molecule has 7 heteroatoms. The van der Waals surface area contributed by atoms with Crippen LogP contribution >= 0.6 is 0 Å². The van der Waals surface area contributed by atoms with Gasteiger partial charge in [-0.2, -0.15) is 0 Å². The van der Waals surface area contributed by atoms with Crippen LogP contribution in [0.4, 0.5) is 4.39 Å². The first kappa shape index (κ1) is 16.6. The predicted octanol–water partition coefficient (Wildman–Crippen LogP) is 1.64. The van der Waals surface area contributed by atoms with Crippen molar-refractivity contribution in [2.45, 2.75) is 31.6 Å². The highest BCUT2D eigenvalue weighted by atomic mass is 32.2. The molecule has 0 aromatic heterocycles. The minimum atomic E-state index is -4.04. The van der Waals surface area contributed by atoms with E-state index in [4.69, 9.17) is 5.14 Å². The topological polar surface area (TPSA) is 89.3 Å². The van der Waals surface area contributed by atoms with Crippen LogP contribution in [0.25, 0.3) is 0 Å². The van der Waals surface area contributed by atoms with Crippen LogP contribution in [0, 0.1) is 11.7 Å². The zero-order valence-corrected chi connectivity index (χ0v) is 12.3. The molecule has 5 nitrogen and oxygen atoms in total. The average Bonchev–Trinajstić information content (AvgIpc) is 2.32. The molecule has 1 aromatic rings. The first-order chi connectivity index (χ1) is 9.20. The number of carbonyl (C=O) groups is 1. The highest BCUT2D eigenvalue weighted by molar-refractivity contribution is 7.89. The number of rotatable bonds is 6. The van der Waals surface area contributed by atoms with E-state index in [1.165, 1.54) is 0 Å². The van der Waals surface area contributed by atoms with Crippen molar-refractivity contribution in [3.8, 4) is 0 Å². The first-order valence-corrected chi connectivity index (χ1v) is 7.86. The Hall–Kier alpha value is -1.47. The van der Waals surface area contributed by atoms with Crippen molar-refractivity contribution < 1.29 is 17.6 Å². The summed E-state index contributed by atoms with van der Waals surface area (Å²) < 4.78 is 35.7. The fourth-order valence-corrected chi connectivity index (χ4v) is 2.24. The van der Waals surface area contributed by atoms with Gasteiger partial charge in [0, 0.05) is 12.1 Å². The van der Waals surface area contributed by atoms with Crippen LogP contribution in [-0.2, 0) is 10.0 Å². The molecule has 20 heavy (non-hydrogen) atoms. The largest absolute Gasteiger partial charge is 0.352 e. The fourth-order valence-electron chi connectivity index (χ4n) is 1.67. The molecule has 0 aliphatic rings. The number of nitrogens with two attached hydrogens (primary N) is 1. The minimum absolute atomic E-state index is 0.0569. The van der Waals surface area contributed by atoms with Gasteiger partial charge in [0.05, 0.1) is 4.90 Å². The van der Waals surface area contributed by atoms with E-state index in [1.807, 2.05) is 0 Å². The van der Waals surface area contributed by atoms with Gasteiger partial charge in [-0.05, 0) is 37.0 Å². The molecule has 1 aromatic carbocycles. The molecule has 1 rings (SSSR count). The van der Waals surface area contributed by atoms with E-state index in [0.717, 1.165) is 31.0 Å². The van der Waals surface area contributed by atoms with E-state index < -0.39 is 26.6 Å². The van der Waals surface area contributed by atoms with Crippen molar-refractivity contribution in [3.63, 3.8) is 0 Å². The molecular formula is C13H19FN2O3S. The van der Waals surface area contributed by atoms with Crippen molar-refractivity contribution in [1.29, 1.82) is 0 Å². The van der Waals surface area contributed by atoms with E-state index in [-0.39, 0.29) is 5.56 Å². The highest BCUT2D eigenvalue weighted by Gasteiger charge is 2.14. The van der Waals surface area contributed by atoms with E-state index in [9.17, 15) is 17.6 Å². The molecule has 0 fully saturated rings. The molecule has 0 radical (unpaired) electrons. The van der Waals surface area contributed by atoms with Crippen LogP contribution in [0.15, 0.2) is 23.1 Å². The summed E-state index contributed by atoms with van der Waals surface area (Å²) in [5, 5.41) is 7.54. The summed E-state index contributed by atoms with van der Waals surface area (Å²) in [5.41, 5.74) is -0.0569. The molecule has 0 saturated carbocycles. The van der Waals surface area contributed by atoms with Gasteiger partial charge >= 0.3 is 0 Å². The molecule has 0 aliphatic carbocycles. The fraction of sp³-hybridized carbons (Fsp3) is 0.462. The molecule has 112 valence electrons. The quantitative estimate of drug-likeness (QED) is 0.783. The van der Waals surface area contributed by atoms with Crippen molar-refractivity contribution in [3.05, 3.63) is 29.6 Å². The maximum absolute atomic E-state index is 13.3. The summed E-state index contributed by atoms with van der Waals surface area (Å²) in [6, 6.07) is 2.83. The number of nitrogens with one attached hydrogen (secondary N) is 1. The van der Waals surface area contributed by atoms with Crippen LogP contribution in [-0.4, -0.2) is 20.9 Å². The standard InChI is InChI=1S/C13H19FN2O3S/c1-9(2)4-3-5-16-13(17)10-6-11(14)8-12(7-10)20(15,18)19/h6-9H,3-5H2,1-2H3,(H,16,17)(H2,15,18,19). The van der Waals surface area contributed by atoms with Crippen molar-refractivity contribution >= 4 is 15.9 Å². The summed E-state index contributed by atoms with van der Waals surface area (Å²) in [6.07, 6.45) is 1.77. The van der Waals surface area contributed by atoms with Gasteiger partial charge in [0.15, 0.2) is 0 Å². The number of amides is 1. The lowest BCUT2D eigenvalue weighted by Crippen LogP contribution is -2.25. The molecule has 0 saturated heterocycles. The molecule has 0 atom stereocenters. The third-order valence-corrected chi connectivity index (χ3v) is 3.60. The van der Waals surface area contributed by atoms with Gasteiger partial charge in [0.2, 0.25) is 10.0 Å². The lowest BCUT2D eigenvalue weighted by Gasteiger charge is -2.08. The van der Waals surface area contributed by atoms with Gasteiger partial charge in [0.1, 0.15) is 5.82 Å². The highest BCUT2D eigenvalue weighted by Crippen LogP contribution is 2.13. The zero-order chi connectivity index (χ0) is 15.3. The van der Waals surface area contributed by atoms with E-state index in [0.29, 0.717) is 12.5 Å². The van der Waals surface area contributed by atoms with E-state index in [2.05, 4.69) is 19.2 Å². The van der Waals surface area contributed by atoms with Gasteiger partial charge in [-0.15, -0.1) is 0 Å². The van der Waals surface area contributed by atoms with Gasteiger partial charge in [-0.3, -0.25) is 4.79 Å². The SMILES string of the molecule is CC(C)CCCNC(=O)c1cc(F)cc(S(N)(=O)=O)c1. The normalized spacial score (nSPS) is 11.7. The Balaban J connectivity index is 2.76. The number of benzene rings is 1. The molecule has 0 heterocycles. The van der Waals surface area contributed by atoms with Gasteiger partial charge in [-0.1, -0.05) is 13.8 Å². The van der Waals surface area contributed by atoms with Crippen molar-refractivity contribution in [1.82, 2.24) is 5.32 Å². The third-order valence-electron chi connectivity index (χ3n) is 2.71. The second-order valence-corrected chi connectivity index (χ2v) is 6.57. The number of sulfonamides is 1. The molecule has 3 N–H and O–H groups in total. The van der Waals surface area contributed by atoms with E-state index in [1.54, 1.807) is 0 Å². The summed E-state index contributed by atoms with van der Waals surface area (Å²) in [6.45, 7) is 4.61. The van der Waals surface area contributed by atoms with Crippen LogP contribution in [0.5, 0.6) is 0 Å². The van der Waals surface area contributed by atoms with Gasteiger partial charge < -0.3 is 5.32 Å². The Morgan fingerprint density at radius 3 is 2.55 bits per heavy atom. The molecule has 0 spiro atoms. The van der Waals surface area contributed by atoms with Crippen LogP contribution in [0.2, 0.25) is 0 Å². The summed E-state index contributed by atoms with van der Waals surface area (Å²) in [5.74, 6) is -0.794. The number of carbonyl (C=O) groups excluding carboxylic acids is 1. The second-order valence-electron chi connectivity index (χ2n) is 5.01. The Labute approximate surface area is 118 Å². The van der Waals surface area contributed by atoms with Crippen LogP contribution in [0.1, 0.15) is 37.0 Å². The van der Waals surface area contributed by atoms with E-state index >= 15 is 0 Å². The Kier molecular flexibility index (Phi) is 5.64. The lowest BCUT2D eigenvalue weighted by atomic mass is 10.1. The van der Waals surface area contributed by atoms with Crippen molar-refractivity contribution in [2.24, 2.45) is 11.1 Å². The monoisotopic (exact) mass is 302 g/mol. The zero-order valence-electron chi connectivity index (χ0n) is 11.5. The molecule has 1 amide bonds. The number of halogens is 1. The predicted molar refractivity (Wildman–Crippen MR) is 74.2 cm³/mol. The Morgan fingerprint density at radius 2 is 2.00 bits per heavy atom. The number of primary sulfonamides is 1. The van der Waals surface area contributed by atoms with Crippen molar-refractivity contribution in [2.75, 3.05) is 6.54 Å². The maximum Gasteiger partial charge on any atom is 0.251 e. The number of hydrogen-bond donors (Lipinski definition) is 2. The second kappa shape index (κ2) is 6.81. The lowest BCUT2D eigenvalue weighted by molar-refractivity contribution is 0.0952. The van der Waals surface area contributed by atoms with Gasteiger partial charge in [0.25, 0.3) is 5.91 Å².